The Morgan fingerprint density at radius 2 is 1.90 bits per heavy atom. The lowest BCUT2D eigenvalue weighted by molar-refractivity contribution is -0.143. The van der Waals surface area contributed by atoms with Gasteiger partial charge in [-0.25, -0.2) is 13.6 Å². The van der Waals surface area contributed by atoms with Gasteiger partial charge in [-0.15, -0.1) is 0 Å². The average Bonchev–Trinajstić information content (AvgIpc) is 2.75. The molecule has 2 fully saturated rings. The highest BCUT2D eigenvalue weighted by Crippen LogP contribution is 2.35. The molecule has 0 aromatic heterocycles. The molecule has 2 heterocycles. The van der Waals surface area contributed by atoms with Gasteiger partial charge < -0.3 is 20.1 Å². The second-order valence-electron chi connectivity index (χ2n) is 5.54. The minimum atomic E-state index is -3.70. The van der Waals surface area contributed by atoms with Crippen molar-refractivity contribution in [2.75, 3.05) is 24.5 Å². The summed E-state index contributed by atoms with van der Waals surface area (Å²) in [4.78, 5) is 1.79. The van der Waals surface area contributed by atoms with E-state index in [-0.39, 0.29) is 10.5 Å². The molecule has 1 aromatic carbocycles. The van der Waals surface area contributed by atoms with Crippen molar-refractivity contribution >= 4 is 15.7 Å². The summed E-state index contributed by atoms with van der Waals surface area (Å²) < 4.78 is 28.3. The molecule has 1 spiro atoms. The van der Waals surface area contributed by atoms with Crippen LogP contribution in [0.4, 0.5) is 5.69 Å². The van der Waals surface area contributed by atoms with Crippen molar-refractivity contribution in [3.63, 3.8) is 0 Å². The van der Waals surface area contributed by atoms with Gasteiger partial charge >= 0.3 is 0 Å². The Balaban J connectivity index is 1.81. The SMILES string of the molecule is NS(=O)(=O)c1ccc(N2CC3(CCNCC3)OC2O)cc1. The van der Waals surface area contributed by atoms with Gasteiger partial charge in [0.15, 0.2) is 0 Å². The minimum Gasteiger partial charge on any atom is -0.351 e. The second kappa shape index (κ2) is 5.22. The number of hydrogen-bond donors (Lipinski definition) is 3. The van der Waals surface area contributed by atoms with E-state index in [1.165, 1.54) is 12.1 Å². The zero-order valence-electron chi connectivity index (χ0n) is 11.5. The van der Waals surface area contributed by atoms with Crippen molar-refractivity contribution in [3.8, 4) is 0 Å². The van der Waals surface area contributed by atoms with Gasteiger partial charge in [-0.2, -0.15) is 0 Å². The van der Waals surface area contributed by atoms with Gasteiger partial charge in [0, 0.05) is 5.69 Å². The van der Waals surface area contributed by atoms with Crippen molar-refractivity contribution in [2.24, 2.45) is 5.14 Å². The number of aliphatic hydroxyl groups excluding tert-OH is 1. The summed E-state index contributed by atoms with van der Waals surface area (Å²) in [5.41, 5.74) is 0.383. The zero-order valence-corrected chi connectivity index (χ0v) is 12.3. The number of nitrogens with one attached hydrogen (secondary N) is 1. The molecular formula is C13H19N3O4S. The molecule has 2 aliphatic heterocycles. The Morgan fingerprint density at radius 3 is 2.48 bits per heavy atom. The summed E-state index contributed by atoms with van der Waals surface area (Å²) >= 11 is 0. The maximum Gasteiger partial charge on any atom is 0.238 e. The first-order valence-corrected chi connectivity index (χ1v) is 8.40. The van der Waals surface area contributed by atoms with E-state index in [0.29, 0.717) is 12.2 Å². The number of rotatable bonds is 2. The fraction of sp³-hybridized carbons (Fsp3) is 0.538. The van der Waals surface area contributed by atoms with E-state index in [9.17, 15) is 13.5 Å². The van der Waals surface area contributed by atoms with Gasteiger partial charge in [-0.05, 0) is 50.2 Å². The number of nitrogens with zero attached hydrogens (tertiary/aromatic N) is 1. The highest BCUT2D eigenvalue weighted by Gasteiger charge is 2.45. The molecule has 8 heteroatoms. The lowest BCUT2D eigenvalue weighted by Gasteiger charge is -2.32. The number of aliphatic hydroxyl groups is 1. The first kappa shape index (κ1) is 14.7. The Labute approximate surface area is 123 Å². The molecule has 1 atom stereocenters. The van der Waals surface area contributed by atoms with Crippen LogP contribution in [0.15, 0.2) is 29.2 Å². The Bertz CT molecular complexity index is 611. The third kappa shape index (κ3) is 2.90. The largest absolute Gasteiger partial charge is 0.351 e. The molecular weight excluding hydrogens is 294 g/mol. The van der Waals surface area contributed by atoms with Crippen molar-refractivity contribution in [1.82, 2.24) is 5.32 Å². The molecule has 2 saturated heterocycles. The van der Waals surface area contributed by atoms with Crippen LogP contribution in [0, 0.1) is 0 Å². The molecule has 3 rings (SSSR count). The molecule has 0 amide bonds. The number of ether oxygens (including phenoxy) is 1. The summed E-state index contributed by atoms with van der Waals surface area (Å²) in [5.74, 6) is 0. The second-order valence-corrected chi connectivity index (χ2v) is 7.11. The molecule has 116 valence electrons. The molecule has 2 aliphatic rings. The van der Waals surface area contributed by atoms with Gasteiger partial charge in [-0.3, -0.25) is 0 Å². The topological polar surface area (TPSA) is 105 Å². The van der Waals surface area contributed by atoms with Gasteiger partial charge in [0.05, 0.1) is 17.0 Å². The van der Waals surface area contributed by atoms with Crippen LogP contribution in [0.2, 0.25) is 0 Å². The molecule has 21 heavy (non-hydrogen) atoms. The standard InChI is InChI=1S/C13H19N3O4S/c14-21(18,19)11-3-1-10(2-4-11)16-9-13(20-12(16)17)5-7-15-8-6-13/h1-4,12,15,17H,5-9H2,(H2,14,18,19). The summed E-state index contributed by atoms with van der Waals surface area (Å²) in [5, 5.41) is 18.5. The van der Waals surface area contributed by atoms with Crippen LogP contribution in [0.25, 0.3) is 0 Å². The predicted octanol–water partition coefficient (Wildman–Crippen LogP) is -0.431. The van der Waals surface area contributed by atoms with Crippen LogP contribution in [-0.2, 0) is 14.8 Å². The number of piperidine rings is 1. The molecule has 1 aromatic rings. The van der Waals surface area contributed by atoms with Crippen molar-refractivity contribution in [2.45, 2.75) is 29.8 Å². The first-order valence-electron chi connectivity index (χ1n) is 6.86. The van der Waals surface area contributed by atoms with Crippen LogP contribution < -0.4 is 15.4 Å². The molecule has 1 unspecified atom stereocenters. The lowest BCUT2D eigenvalue weighted by atomic mass is 9.92. The summed E-state index contributed by atoms with van der Waals surface area (Å²) in [6.45, 7) is 2.32. The third-order valence-electron chi connectivity index (χ3n) is 4.09. The summed E-state index contributed by atoms with van der Waals surface area (Å²) in [6, 6.07) is 6.13. The number of nitrogens with two attached hydrogens (primary N) is 1. The summed E-state index contributed by atoms with van der Waals surface area (Å²) in [6.07, 6.45) is 0.675. The summed E-state index contributed by atoms with van der Waals surface area (Å²) in [7, 11) is -3.70. The van der Waals surface area contributed by atoms with Crippen LogP contribution in [0.3, 0.4) is 0 Å². The predicted molar refractivity (Wildman–Crippen MR) is 77.1 cm³/mol. The molecule has 7 nitrogen and oxygen atoms in total. The van der Waals surface area contributed by atoms with Crippen molar-refractivity contribution < 1.29 is 18.3 Å². The highest BCUT2D eigenvalue weighted by atomic mass is 32.2. The average molecular weight is 313 g/mol. The molecule has 0 aliphatic carbocycles. The van der Waals surface area contributed by atoms with E-state index in [4.69, 9.17) is 9.88 Å². The van der Waals surface area contributed by atoms with Crippen molar-refractivity contribution in [1.29, 1.82) is 0 Å². The zero-order chi connectivity index (χ0) is 15.1. The molecule has 0 saturated carbocycles. The Hall–Kier alpha value is -1.19. The highest BCUT2D eigenvalue weighted by molar-refractivity contribution is 7.89. The van der Waals surface area contributed by atoms with Gasteiger partial charge in [0.1, 0.15) is 0 Å². The maximum absolute atomic E-state index is 11.3. The van der Waals surface area contributed by atoms with Gasteiger partial charge in [-0.1, -0.05) is 0 Å². The van der Waals surface area contributed by atoms with E-state index >= 15 is 0 Å². The normalized spacial score (nSPS) is 25.4. The van der Waals surface area contributed by atoms with Crippen LogP contribution in [0.1, 0.15) is 12.8 Å². The number of hydrogen-bond acceptors (Lipinski definition) is 6. The van der Waals surface area contributed by atoms with E-state index in [2.05, 4.69) is 5.32 Å². The van der Waals surface area contributed by atoms with E-state index in [1.54, 1.807) is 17.0 Å². The van der Waals surface area contributed by atoms with Crippen LogP contribution >= 0.6 is 0 Å². The molecule has 0 radical (unpaired) electrons. The van der Waals surface area contributed by atoms with Crippen molar-refractivity contribution in [3.05, 3.63) is 24.3 Å². The fourth-order valence-corrected chi connectivity index (χ4v) is 3.43. The number of benzene rings is 1. The van der Waals surface area contributed by atoms with E-state index < -0.39 is 16.4 Å². The number of sulfonamides is 1. The fourth-order valence-electron chi connectivity index (χ4n) is 2.92. The van der Waals surface area contributed by atoms with Crippen LogP contribution in [-0.4, -0.2) is 45.2 Å². The minimum absolute atomic E-state index is 0.0532. The smallest absolute Gasteiger partial charge is 0.238 e. The quantitative estimate of drug-likeness (QED) is 0.684. The van der Waals surface area contributed by atoms with Gasteiger partial charge in [0.2, 0.25) is 16.4 Å². The van der Waals surface area contributed by atoms with Crippen LogP contribution in [0.5, 0.6) is 0 Å². The van der Waals surface area contributed by atoms with E-state index in [0.717, 1.165) is 25.9 Å². The maximum atomic E-state index is 11.3. The number of primary sulfonamides is 1. The lowest BCUT2D eigenvalue weighted by Crippen LogP contribution is -2.44. The first-order chi connectivity index (χ1) is 9.90. The molecule has 0 bridgehead atoms. The monoisotopic (exact) mass is 313 g/mol. The van der Waals surface area contributed by atoms with Gasteiger partial charge in [0.25, 0.3) is 0 Å². The Morgan fingerprint density at radius 1 is 1.29 bits per heavy atom. The van der Waals surface area contributed by atoms with E-state index in [1.807, 2.05) is 0 Å². The third-order valence-corrected chi connectivity index (χ3v) is 5.02. The molecule has 4 N–H and O–H groups in total. The number of anilines is 1. The Kier molecular flexibility index (Phi) is 3.66.